The predicted octanol–water partition coefficient (Wildman–Crippen LogP) is 14.4. The summed E-state index contributed by atoms with van der Waals surface area (Å²) >= 11 is 0. The van der Waals surface area contributed by atoms with Gasteiger partial charge in [0.1, 0.15) is 54.9 Å². The molecule has 11 atom stereocenters. The first-order valence-electron chi connectivity index (χ1n) is 34.6. The van der Waals surface area contributed by atoms with Crippen LogP contribution in [0, 0.1) is 0 Å². The van der Waals surface area contributed by atoms with Crippen molar-refractivity contribution in [1.29, 1.82) is 0 Å². The molecule has 0 aliphatic carbocycles. The molecule has 0 aromatic rings. The smallest absolute Gasteiger partial charge is 0.306 e. The molecule has 14 nitrogen and oxygen atoms in total. The molecule has 2 fully saturated rings. The van der Waals surface area contributed by atoms with Crippen LogP contribution in [-0.4, -0.2) is 142 Å². The summed E-state index contributed by atoms with van der Waals surface area (Å²) in [4.78, 5) is 13.2. The number of carbonyl (C=O) groups excluding carboxylic acids is 1. The van der Waals surface area contributed by atoms with Crippen molar-refractivity contribution < 1.29 is 69.0 Å². The summed E-state index contributed by atoms with van der Waals surface area (Å²) in [6.07, 6.45) is 52.2. The molecule has 0 bridgehead atoms. The van der Waals surface area contributed by atoms with Gasteiger partial charge in [-0.15, -0.1) is 0 Å². The van der Waals surface area contributed by atoms with Gasteiger partial charge in [-0.3, -0.25) is 4.79 Å². The molecule has 0 saturated carbocycles. The zero-order chi connectivity index (χ0) is 60.1. The number of unbranched alkanes of at least 4 members (excludes halogenated alkanes) is 38. The molecule has 0 radical (unpaired) electrons. The van der Waals surface area contributed by atoms with Gasteiger partial charge in [0, 0.05) is 13.0 Å². The summed E-state index contributed by atoms with van der Waals surface area (Å²) in [6, 6.07) is 0. The van der Waals surface area contributed by atoms with Crippen LogP contribution in [-0.2, 0) is 33.2 Å². The molecule has 2 aliphatic rings. The number of rotatable bonds is 58. The summed E-state index contributed by atoms with van der Waals surface area (Å²) in [6.45, 7) is 3.73. The monoisotopic (exact) mass is 1180 g/mol. The molecule has 14 heteroatoms. The van der Waals surface area contributed by atoms with E-state index < -0.39 is 80.7 Å². The van der Waals surface area contributed by atoms with Crippen LogP contribution >= 0.6 is 0 Å². The molecule has 0 aromatic carbocycles. The average Bonchev–Trinajstić information content (AvgIpc) is 3.67. The highest BCUT2D eigenvalue weighted by Crippen LogP contribution is 2.27. The highest BCUT2D eigenvalue weighted by Gasteiger charge is 2.47. The molecule has 488 valence electrons. The van der Waals surface area contributed by atoms with E-state index in [2.05, 4.69) is 50.3 Å². The largest absolute Gasteiger partial charge is 0.457 e. The van der Waals surface area contributed by atoms with E-state index in [1.165, 1.54) is 212 Å². The summed E-state index contributed by atoms with van der Waals surface area (Å²) in [5, 5.41) is 72.6. The molecule has 0 spiro atoms. The number of esters is 1. The Morgan fingerprint density at radius 2 is 0.747 bits per heavy atom. The van der Waals surface area contributed by atoms with E-state index in [1.54, 1.807) is 0 Å². The summed E-state index contributed by atoms with van der Waals surface area (Å²) in [5.74, 6) is -0.371. The third-order valence-corrected chi connectivity index (χ3v) is 16.7. The summed E-state index contributed by atoms with van der Waals surface area (Å²) in [7, 11) is 0. The van der Waals surface area contributed by atoms with Crippen LogP contribution in [0.5, 0.6) is 0 Å². The fraction of sp³-hybridized carbons (Fsp3) is 0.899. The number of hydrogen-bond acceptors (Lipinski definition) is 14. The van der Waals surface area contributed by atoms with Crippen LogP contribution < -0.4 is 0 Å². The lowest BCUT2D eigenvalue weighted by molar-refractivity contribution is -0.332. The Labute approximate surface area is 506 Å². The van der Waals surface area contributed by atoms with E-state index in [0.717, 1.165) is 57.8 Å². The number of aliphatic hydroxyl groups is 7. The second kappa shape index (κ2) is 55.5. The number of aliphatic hydroxyl groups excluding tert-OH is 7. The second-order valence-electron chi connectivity index (χ2n) is 24.4. The fourth-order valence-electron chi connectivity index (χ4n) is 11.1. The van der Waals surface area contributed by atoms with Crippen molar-refractivity contribution in [3.05, 3.63) is 36.5 Å². The maximum absolute atomic E-state index is 13.2. The van der Waals surface area contributed by atoms with Crippen molar-refractivity contribution in [2.75, 3.05) is 33.0 Å². The van der Waals surface area contributed by atoms with Crippen molar-refractivity contribution in [3.63, 3.8) is 0 Å². The van der Waals surface area contributed by atoms with E-state index in [9.17, 15) is 40.5 Å². The third-order valence-electron chi connectivity index (χ3n) is 16.7. The van der Waals surface area contributed by atoms with Gasteiger partial charge in [-0.2, -0.15) is 0 Å². The minimum atomic E-state index is -1.71. The Kier molecular flexibility index (Phi) is 51.7. The van der Waals surface area contributed by atoms with Crippen LogP contribution in [0.15, 0.2) is 36.5 Å². The fourth-order valence-corrected chi connectivity index (χ4v) is 11.1. The normalized spacial score (nSPS) is 23.6. The van der Waals surface area contributed by atoms with E-state index in [-0.39, 0.29) is 25.6 Å². The van der Waals surface area contributed by atoms with Crippen LogP contribution in [0.3, 0.4) is 0 Å². The van der Waals surface area contributed by atoms with Gasteiger partial charge in [0.25, 0.3) is 0 Å². The van der Waals surface area contributed by atoms with Crippen LogP contribution in [0.1, 0.15) is 296 Å². The van der Waals surface area contributed by atoms with Gasteiger partial charge in [0.2, 0.25) is 0 Å². The standard InChI is InChI=1S/C69H128O14/c1-3-5-7-9-11-13-15-17-19-21-23-25-27-29-30-32-34-36-38-40-42-44-46-48-50-52-61(71)81-58(56-79-68-67(77)65(75)63(73)60(83-68)57-80-69-66(76)64(74)62(72)59(54-70)82-69)55-78-53-51-49-47-45-43-41-39-37-35-33-31-28-26-24-22-20-18-16-14-12-10-8-6-4-2/h16,18,22,24,28,31,58-60,62-70,72-77H,3-15,17,19-21,23,25-27,29-30,32-57H2,1-2H3/b18-16-,24-22-,31-28-. The van der Waals surface area contributed by atoms with E-state index in [4.69, 9.17) is 28.4 Å². The van der Waals surface area contributed by atoms with Gasteiger partial charge in [0.05, 0.1) is 26.4 Å². The van der Waals surface area contributed by atoms with E-state index >= 15 is 0 Å². The molecule has 83 heavy (non-hydrogen) atoms. The molecule has 2 aliphatic heterocycles. The van der Waals surface area contributed by atoms with Gasteiger partial charge in [-0.25, -0.2) is 0 Å². The Morgan fingerprint density at radius 1 is 0.398 bits per heavy atom. The van der Waals surface area contributed by atoms with Crippen molar-refractivity contribution in [3.8, 4) is 0 Å². The molecule has 2 saturated heterocycles. The second-order valence-corrected chi connectivity index (χ2v) is 24.4. The quantitative estimate of drug-likeness (QED) is 0.0171. The highest BCUT2D eigenvalue weighted by molar-refractivity contribution is 5.69. The minimum Gasteiger partial charge on any atom is -0.457 e. The first-order chi connectivity index (χ1) is 40.6. The van der Waals surface area contributed by atoms with Crippen LogP contribution in [0.25, 0.3) is 0 Å². The predicted molar refractivity (Wildman–Crippen MR) is 335 cm³/mol. The van der Waals surface area contributed by atoms with Gasteiger partial charge in [-0.05, 0) is 51.4 Å². The lowest BCUT2D eigenvalue weighted by atomic mass is 9.98. The molecular weight excluding hydrogens is 1050 g/mol. The Balaban J connectivity index is 1.64. The first kappa shape index (κ1) is 77.3. The Morgan fingerprint density at radius 3 is 1.17 bits per heavy atom. The maximum atomic E-state index is 13.2. The molecule has 0 amide bonds. The molecule has 0 aromatic heterocycles. The minimum absolute atomic E-state index is 0.0612. The van der Waals surface area contributed by atoms with Crippen LogP contribution in [0.2, 0.25) is 0 Å². The van der Waals surface area contributed by atoms with Gasteiger partial charge in [-0.1, -0.05) is 275 Å². The zero-order valence-corrected chi connectivity index (χ0v) is 53.0. The van der Waals surface area contributed by atoms with Crippen molar-refractivity contribution >= 4 is 5.97 Å². The van der Waals surface area contributed by atoms with E-state index in [1.807, 2.05) is 0 Å². The van der Waals surface area contributed by atoms with Gasteiger partial charge in [0.15, 0.2) is 12.6 Å². The van der Waals surface area contributed by atoms with Crippen molar-refractivity contribution in [1.82, 2.24) is 0 Å². The highest BCUT2D eigenvalue weighted by atomic mass is 16.7. The zero-order valence-electron chi connectivity index (χ0n) is 53.0. The summed E-state index contributed by atoms with van der Waals surface area (Å²) < 4.78 is 34.6. The number of ether oxygens (including phenoxy) is 6. The molecule has 2 rings (SSSR count). The molecular formula is C69H128O14. The third kappa shape index (κ3) is 41.1. The first-order valence-corrected chi connectivity index (χ1v) is 34.6. The van der Waals surface area contributed by atoms with Gasteiger partial charge < -0.3 is 64.2 Å². The number of hydrogen-bond donors (Lipinski definition) is 7. The summed E-state index contributed by atoms with van der Waals surface area (Å²) in [5.41, 5.74) is 0. The molecule has 7 N–H and O–H groups in total. The molecule has 2 heterocycles. The Hall–Kier alpha value is -1.79. The lowest BCUT2D eigenvalue weighted by Gasteiger charge is -2.42. The number of carbonyl (C=O) groups is 1. The van der Waals surface area contributed by atoms with Gasteiger partial charge >= 0.3 is 5.97 Å². The maximum Gasteiger partial charge on any atom is 0.306 e. The van der Waals surface area contributed by atoms with E-state index in [0.29, 0.717) is 13.0 Å². The van der Waals surface area contributed by atoms with Crippen LogP contribution in [0.4, 0.5) is 0 Å². The van der Waals surface area contributed by atoms with Crippen molar-refractivity contribution in [2.24, 2.45) is 0 Å². The Bertz CT molecular complexity index is 1510. The topological polar surface area (TPSA) is 214 Å². The average molecular weight is 1180 g/mol. The number of allylic oxidation sites excluding steroid dienone is 6. The SMILES string of the molecule is CCCCCCC/C=C\C/C=C\C/C=C\CCCCCCCCCCCOCC(COC1OC(COC2OC(CO)C(O)C(O)C2O)C(O)C(O)C1O)OC(=O)CCCCCCCCCCCCCCCCCCCCCCCCCCC. The van der Waals surface area contributed by atoms with Crippen molar-refractivity contribution in [2.45, 2.75) is 364 Å². The lowest BCUT2D eigenvalue weighted by Crippen LogP contribution is -2.61. The molecule has 11 unspecified atom stereocenters.